The van der Waals surface area contributed by atoms with Crippen LogP contribution in [-0.4, -0.2) is 6.04 Å². The topological polar surface area (TPSA) is 26.0 Å². The van der Waals surface area contributed by atoms with Gasteiger partial charge < -0.3 is 5.73 Å². The standard InChI is InChI=1S/C10H19N/c1-3-8(2)6-9-4-5-10(11)7-9/h9-10H,2-7,11H2,1H3. The van der Waals surface area contributed by atoms with Gasteiger partial charge in [0.05, 0.1) is 0 Å². The van der Waals surface area contributed by atoms with Crippen LogP contribution in [0.4, 0.5) is 0 Å². The molecule has 0 bridgehead atoms. The Balaban J connectivity index is 2.23. The Kier molecular flexibility index (Phi) is 3.13. The van der Waals surface area contributed by atoms with Gasteiger partial charge in [-0.2, -0.15) is 0 Å². The van der Waals surface area contributed by atoms with Gasteiger partial charge in [0.2, 0.25) is 0 Å². The summed E-state index contributed by atoms with van der Waals surface area (Å²) in [6, 6.07) is 0.477. The molecule has 0 amide bonds. The van der Waals surface area contributed by atoms with Crippen molar-refractivity contribution >= 4 is 0 Å². The first-order chi connectivity index (χ1) is 5.22. The van der Waals surface area contributed by atoms with Gasteiger partial charge in [-0.1, -0.05) is 19.1 Å². The molecule has 1 fully saturated rings. The van der Waals surface area contributed by atoms with E-state index in [1.807, 2.05) is 0 Å². The Morgan fingerprint density at radius 1 is 1.55 bits per heavy atom. The zero-order valence-corrected chi connectivity index (χ0v) is 7.47. The summed E-state index contributed by atoms with van der Waals surface area (Å²) >= 11 is 0. The molecule has 0 spiro atoms. The highest BCUT2D eigenvalue weighted by Crippen LogP contribution is 2.29. The van der Waals surface area contributed by atoms with Crippen molar-refractivity contribution in [1.29, 1.82) is 0 Å². The Labute approximate surface area is 69.7 Å². The van der Waals surface area contributed by atoms with Crippen LogP contribution in [0.3, 0.4) is 0 Å². The fourth-order valence-electron chi connectivity index (χ4n) is 1.85. The Bertz CT molecular complexity index is 140. The quantitative estimate of drug-likeness (QED) is 0.619. The summed E-state index contributed by atoms with van der Waals surface area (Å²) in [4.78, 5) is 0. The summed E-state index contributed by atoms with van der Waals surface area (Å²) in [6.45, 7) is 6.20. The highest BCUT2D eigenvalue weighted by Gasteiger charge is 2.21. The maximum absolute atomic E-state index is 5.81. The Morgan fingerprint density at radius 2 is 2.27 bits per heavy atom. The molecule has 0 saturated heterocycles. The third-order valence-corrected chi connectivity index (χ3v) is 2.66. The number of nitrogens with two attached hydrogens (primary N) is 1. The molecule has 1 aliphatic carbocycles. The molecule has 0 radical (unpaired) electrons. The van der Waals surface area contributed by atoms with Crippen molar-refractivity contribution in [3.8, 4) is 0 Å². The minimum absolute atomic E-state index is 0.477. The molecule has 0 aliphatic heterocycles. The summed E-state index contributed by atoms with van der Waals surface area (Å²) in [7, 11) is 0. The lowest BCUT2D eigenvalue weighted by molar-refractivity contribution is 0.527. The van der Waals surface area contributed by atoms with Gasteiger partial charge >= 0.3 is 0 Å². The van der Waals surface area contributed by atoms with Crippen LogP contribution in [0.15, 0.2) is 12.2 Å². The summed E-state index contributed by atoms with van der Waals surface area (Å²) in [5.41, 5.74) is 7.21. The predicted molar refractivity (Wildman–Crippen MR) is 49.4 cm³/mol. The molecular formula is C10H19N. The third kappa shape index (κ3) is 2.66. The SMILES string of the molecule is C=C(CC)CC1CCC(N)C1. The van der Waals surface area contributed by atoms with E-state index in [9.17, 15) is 0 Å². The maximum Gasteiger partial charge on any atom is 0.00416 e. The van der Waals surface area contributed by atoms with E-state index in [1.54, 1.807) is 0 Å². The van der Waals surface area contributed by atoms with E-state index in [-0.39, 0.29) is 0 Å². The highest BCUT2D eigenvalue weighted by molar-refractivity contribution is 4.96. The van der Waals surface area contributed by atoms with Gasteiger partial charge in [-0.25, -0.2) is 0 Å². The number of hydrogen-bond acceptors (Lipinski definition) is 1. The van der Waals surface area contributed by atoms with Crippen LogP contribution in [-0.2, 0) is 0 Å². The lowest BCUT2D eigenvalue weighted by Crippen LogP contribution is -2.14. The zero-order valence-electron chi connectivity index (χ0n) is 7.47. The summed E-state index contributed by atoms with van der Waals surface area (Å²) in [6.07, 6.45) is 6.11. The van der Waals surface area contributed by atoms with Crippen molar-refractivity contribution in [3.05, 3.63) is 12.2 Å². The van der Waals surface area contributed by atoms with Gasteiger partial charge in [-0.05, 0) is 38.0 Å². The van der Waals surface area contributed by atoms with Crippen LogP contribution in [0.2, 0.25) is 0 Å². The second-order valence-electron chi connectivity index (χ2n) is 3.75. The maximum atomic E-state index is 5.81. The molecule has 11 heavy (non-hydrogen) atoms. The van der Waals surface area contributed by atoms with Crippen molar-refractivity contribution in [2.75, 3.05) is 0 Å². The van der Waals surface area contributed by atoms with Gasteiger partial charge in [-0.15, -0.1) is 0 Å². The van der Waals surface area contributed by atoms with Crippen molar-refractivity contribution < 1.29 is 0 Å². The smallest absolute Gasteiger partial charge is 0.00416 e. The Morgan fingerprint density at radius 3 is 2.73 bits per heavy atom. The third-order valence-electron chi connectivity index (χ3n) is 2.66. The van der Waals surface area contributed by atoms with Gasteiger partial charge in [0.25, 0.3) is 0 Å². The number of rotatable bonds is 3. The van der Waals surface area contributed by atoms with Gasteiger partial charge in [-0.3, -0.25) is 0 Å². The second-order valence-corrected chi connectivity index (χ2v) is 3.75. The van der Waals surface area contributed by atoms with E-state index in [4.69, 9.17) is 5.73 Å². The zero-order chi connectivity index (χ0) is 8.27. The van der Waals surface area contributed by atoms with Gasteiger partial charge in [0.15, 0.2) is 0 Å². The van der Waals surface area contributed by atoms with Crippen molar-refractivity contribution in [2.24, 2.45) is 11.7 Å². The van der Waals surface area contributed by atoms with Crippen LogP contribution in [0.25, 0.3) is 0 Å². The molecule has 64 valence electrons. The first kappa shape index (κ1) is 8.79. The summed E-state index contributed by atoms with van der Waals surface area (Å²) in [5, 5.41) is 0. The molecule has 2 atom stereocenters. The minimum atomic E-state index is 0.477. The van der Waals surface area contributed by atoms with Crippen molar-refractivity contribution in [3.63, 3.8) is 0 Å². The number of allylic oxidation sites excluding steroid dienone is 1. The molecule has 0 aromatic heterocycles. The average molecular weight is 153 g/mol. The fourth-order valence-corrected chi connectivity index (χ4v) is 1.85. The van der Waals surface area contributed by atoms with Crippen molar-refractivity contribution in [2.45, 2.75) is 45.1 Å². The van der Waals surface area contributed by atoms with Crippen LogP contribution >= 0.6 is 0 Å². The predicted octanol–water partition coefficient (Wildman–Crippen LogP) is 2.47. The lowest BCUT2D eigenvalue weighted by atomic mass is 9.97. The van der Waals surface area contributed by atoms with E-state index in [0.29, 0.717) is 6.04 Å². The second kappa shape index (κ2) is 3.91. The average Bonchev–Trinajstić information content (AvgIpc) is 2.35. The molecule has 0 aromatic rings. The largest absolute Gasteiger partial charge is 0.328 e. The van der Waals surface area contributed by atoms with Crippen LogP contribution in [0.1, 0.15) is 39.0 Å². The van der Waals surface area contributed by atoms with E-state index in [1.165, 1.54) is 31.3 Å². The van der Waals surface area contributed by atoms with Crippen LogP contribution < -0.4 is 5.73 Å². The molecule has 1 heteroatoms. The van der Waals surface area contributed by atoms with E-state index < -0.39 is 0 Å². The fraction of sp³-hybridized carbons (Fsp3) is 0.800. The van der Waals surface area contributed by atoms with Crippen LogP contribution in [0.5, 0.6) is 0 Å². The Hall–Kier alpha value is -0.300. The van der Waals surface area contributed by atoms with E-state index in [0.717, 1.165) is 12.3 Å². The minimum Gasteiger partial charge on any atom is -0.328 e. The molecule has 2 unspecified atom stereocenters. The summed E-state index contributed by atoms with van der Waals surface area (Å²) < 4.78 is 0. The van der Waals surface area contributed by atoms with Crippen LogP contribution in [0, 0.1) is 5.92 Å². The normalized spacial score (nSPS) is 30.7. The molecule has 0 heterocycles. The highest BCUT2D eigenvalue weighted by atomic mass is 14.6. The molecular weight excluding hydrogens is 134 g/mol. The summed E-state index contributed by atoms with van der Waals surface area (Å²) in [5.74, 6) is 0.845. The van der Waals surface area contributed by atoms with Gasteiger partial charge in [0.1, 0.15) is 0 Å². The number of hydrogen-bond donors (Lipinski definition) is 1. The first-order valence-electron chi connectivity index (χ1n) is 4.64. The molecule has 1 saturated carbocycles. The lowest BCUT2D eigenvalue weighted by Gasteiger charge is -2.09. The monoisotopic (exact) mass is 153 g/mol. The van der Waals surface area contributed by atoms with Gasteiger partial charge in [0, 0.05) is 6.04 Å². The van der Waals surface area contributed by atoms with E-state index >= 15 is 0 Å². The molecule has 1 rings (SSSR count). The first-order valence-corrected chi connectivity index (χ1v) is 4.64. The molecule has 2 N–H and O–H groups in total. The molecule has 1 aliphatic rings. The van der Waals surface area contributed by atoms with Crippen molar-refractivity contribution in [1.82, 2.24) is 0 Å². The van der Waals surface area contributed by atoms with E-state index in [2.05, 4.69) is 13.5 Å². The molecule has 1 nitrogen and oxygen atoms in total. The molecule has 0 aromatic carbocycles.